The molecule has 0 aromatic heterocycles. The van der Waals surface area contributed by atoms with E-state index in [-0.39, 0.29) is 0 Å². The van der Waals surface area contributed by atoms with Crippen LogP contribution in [0.4, 0.5) is 0 Å². The number of rotatable bonds is 7. The molecule has 1 saturated heterocycles. The highest BCUT2D eigenvalue weighted by Crippen LogP contribution is 2.30. The summed E-state index contributed by atoms with van der Waals surface area (Å²) in [5.74, 6) is 0. The molecule has 17 heavy (non-hydrogen) atoms. The Morgan fingerprint density at radius 2 is 1.82 bits per heavy atom. The van der Waals surface area contributed by atoms with Crippen molar-refractivity contribution < 1.29 is 13.3 Å². The maximum Gasteiger partial charge on any atom is 0.334 e. The largest absolute Gasteiger partial charge is 0.417 e. The summed E-state index contributed by atoms with van der Waals surface area (Å²) in [5, 5.41) is 0. The van der Waals surface area contributed by atoms with Crippen LogP contribution >= 0.6 is 0 Å². The van der Waals surface area contributed by atoms with Gasteiger partial charge in [-0.15, -0.1) is 0 Å². The third kappa shape index (κ3) is 5.22. The van der Waals surface area contributed by atoms with Crippen LogP contribution < -0.4 is 0 Å². The van der Waals surface area contributed by atoms with Gasteiger partial charge in [0.25, 0.3) is 0 Å². The van der Waals surface area contributed by atoms with Crippen molar-refractivity contribution in [1.82, 2.24) is 0 Å². The van der Waals surface area contributed by atoms with Crippen molar-refractivity contribution in [3.05, 3.63) is 0 Å². The van der Waals surface area contributed by atoms with E-state index in [0.29, 0.717) is 0 Å². The molecular formula is C12H28O3Si2. The second kappa shape index (κ2) is 7.04. The highest BCUT2D eigenvalue weighted by atomic mass is 28.4. The molecule has 0 saturated carbocycles. The molecule has 0 bridgehead atoms. The van der Waals surface area contributed by atoms with Gasteiger partial charge in [0.15, 0.2) is 8.32 Å². The van der Waals surface area contributed by atoms with E-state index in [4.69, 9.17) is 13.3 Å². The standard InChI is InChI=1S/C12H28O3Si2/c1-5-13-17(4,14-6-2)12-11-16(3)10-8-7-9-15-16/h5-12H2,1-4H3. The highest BCUT2D eigenvalue weighted by molar-refractivity contribution is 6.75. The van der Waals surface area contributed by atoms with Crippen LogP contribution in [0.25, 0.3) is 0 Å². The summed E-state index contributed by atoms with van der Waals surface area (Å²) in [6.45, 7) is 11.2. The molecule has 1 rings (SSSR count). The molecule has 3 nitrogen and oxygen atoms in total. The smallest absolute Gasteiger partial charge is 0.334 e. The number of hydrogen-bond acceptors (Lipinski definition) is 3. The first-order valence-corrected chi connectivity index (χ1v) is 12.3. The van der Waals surface area contributed by atoms with E-state index in [1.807, 2.05) is 0 Å². The third-order valence-electron chi connectivity index (χ3n) is 3.56. The van der Waals surface area contributed by atoms with E-state index >= 15 is 0 Å². The van der Waals surface area contributed by atoms with E-state index in [0.717, 1.165) is 25.9 Å². The van der Waals surface area contributed by atoms with E-state index in [9.17, 15) is 0 Å². The highest BCUT2D eigenvalue weighted by Gasteiger charge is 2.38. The second-order valence-corrected chi connectivity index (χ2v) is 12.8. The van der Waals surface area contributed by atoms with Crippen LogP contribution in [0.15, 0.2) is 0 Å². The molecule has 1 unspecified atom stereocenters. The van der Waals surface area contributed by atoms with Gasteiger partial charge in [-0.25, -0.2) is 0 Å². The SMILES string of the molecule is CCO[Si](C)(CC[Si]1(C)CCCCO1)OCC. The quantitative estimate of drug-likeness (QED) is 0.666. The molecule has 5 heteroatoms. The van der Waals surface area contributed by atoms with Crippen molar-refractivity contribution in [1.29, 1.82) is 0 Å². The van der Waals surface area contributed by atoms with Crippen LogP contribution in [0.5, 0.6) is 0 Å². The average molecular weight is 277 g/mol. The predicted octanol–water partition coefficient (Wildman–Crippen LogP) is 3.52. The zero-order valence-corrected chi connectivity index (χ0v) is 13.9. The maximum atomic E-state index is 6.07. The molecule has 0 radical (unpaired) electrons. The van der Waals surface area contributed by atoms with Crippen LogP contribution in [0.3, 0.4) is 0 Å². The van der Waals surface area contributed by atoms with Gasteiger partial charge in [-0.3, -0.25) is 0 Å². The predicted molar refractivity (Wildman–Crippen MR) is 76.1 cm³/mol. The summed E-state index contributed by atoms with van der Waals surface area (Å²) in [6.07, 6.45) is 2.60. The first-order chi connectivity index (χ1) is 8.04. The van der Waals surface area contributed by atoms with E-state index in [2.05, 4.69) is 26.9 Å². The maximum absolute atomic E-state index is 6.07. The van der Waals surface area contributed by atoms with Gasteiger partial charge in [-0.05, 0) is 51.5 Å². The van der Waals surface area contributed by atoms with E-state index < -0.39 is 16.9 Å². The van der Waals surface area contributed by atoms with Crippen LogP contribution in [0, 0.1) is 0 Å². The zero-order chi connectivity index (χ0) is 12.8. The fraction of sp³-hybridized carbons (Fsp3) is 1.00. The van der Waals surface area contributed by atoms with Gasteiger partial charge in [-0.1, -0.05) is 6.42 Å². The zero-order valence-electron chi connectivity index (χ0n) is 11.9. The van der Waals surface area contributed by atoms with Crippen molar-refractivity contribution >= 4 is 16.9 Å². The topological polar surface area (TPSA) is 27.7 Å². The molecule has 0 aliphatic carbocycles. The minimum atomic E-state index is -1.93. The Labute approximate surface area is 108 Å². The van der Waals surface area contributed by atoms with Crippen molar-refractivity contribution in [2.75, 3.05) is 19.8 Å². The Balaban J connectivity index is 2.44. The first kappa shape index (κ1) is 15.4. The Morgan fingerprint density at radius 1 is 1.18 bits per heavy atom. The van der Waals surface area contributed by atoms with Gasteiger partial charge in [0.1, 0.15) is 0 Å². The summed E-state index contributed by atoms with van der Waals surface area (Å²) in [4.78, 5) is 0. The Morgan fingerprint density at radius 3 is 2.29 bits per heavy atom. The van der Waals surface area contributed by atoms with Gasteiger partial charge in [0, 0.05) is 19.8 Å². The molecule has 1 atom stereocenters. The van der Waals surface area contributed by atoms with Gasteiger partial charge >= 0.3 is 8.56 Å². The van der Waals surface area contributed by atoms with Gasteiger partial charge in [0.05, 0.1) is 0 Å². The molecular weight excluding hydrogens is 248 g/mol. The van der Waals surface area contributed by atoms with Crippen LogP contribution in [0.1, 0.15) is 26.7 Å². The molecule has 0 aromatic rings. The second-order valence-electron chi connectivity index (χ2n) is 5.26. The van der Waals surface area contributed by atoms with E-state index in [1.165, 1.54) is 24.9 Å². The molecule has 1 aliphatic rings. The molecule has 1 heterocycles. The van der Waals surface area contributed by atoms with Crippen molar-refractivity contribution in [3.63, 3.8) is 0 Å². The third-order valence-corrected chi connectivity index (χ3v) is 10.6. The first-order valence-electron chi connectivity index (χ1n) is 6.95. The fourth-order valence-corrected chi connectivity index (χ4v) is 10.2. The van der Waals surface area contributed by atoms with Gasteiger partial charge in [0.2, 0.25) is 0 Å². The lowest BCUT2D eigenvalue weighted by Crippen LogP contribution is -2.44. The average Bonchev–Trinajstić information content (AvgIpc) is 2.29. The Bertz CT molecular complexity index is 212. The number of hydrogen-bond donors (Lipinski definition) is 0. The van der Waals surface area contributed by atoms with Crippen LogP contribution in [0.2, 0.25) is 31.2 Å². The molecule has 0 spiro atoms. The minimum absolute atomic E-state index is 0.766. The summed E-state index contributed by atoms with van der Waals surface area (Å²) in [5.41, 5.74) is 0. The molecule has 1 fully saturated rings. The lowest BCUT2D eigenvalue weighted by molar-refractivity contribution is 0.189. The monoisotopic (exact) mass is 276 g/mol. The molecule has 1 aliphatic heterocycles. The van der Waals surface area contributed by atoms with Crippen molar-refractivity contribution in [2.24, 2.45) is 0 Å². The normalized spacial score (nSPS) is 26.1. The minimum Gasteiger partial charge on any atom is -0.417 e. The summed E-state index contributed by atoms with van der Waals surface area (Å²) < 4.78 is 17.8. The lowest BCUT2D eigenvalue weighted by Gasteiger charge is -2.34. The Kier molecular flexibility index (Phi) is 6.36. The van der Waals surface area contributed by atoms with Crippen LogP contribution in [-0.4, -0.2) is 36.7 Å². The summed E-state index contributed by atoms with van der Waals surface area (Å²) >= 11 is 0. The van der Waals surface area contributed by atoms with Crippen LogP contribution in [-0.2, 0) is 13.3 Å². The molecule has 0 amide bonds. The van der Waals surface area contributed by atoms with Crippen molar-refractivity contribution in [3.8, 4) is 0 Å². The lowest BCUT2D eigenvalue weighted by atomic mass is 10.4. The molecule has 0 N–H and O–H groups in total. The summed E-state index contributed by atoms with van der Waals surface area (Å²) in [7, 11) is -3.36. The molecule has 102 valence electrons. The molecule has 0 aromatic carbocycles. The van der Waals surface area contributed by atoms with Gasteiger partial charge < -0.3 is 13.3 Å². The fourth-order valence-electron chi connectivity index (χ4n) is 2.48. The van der Waals surface area contributed by atoms with Crippen molar-refractivity contribution in [2.45, 2.75) is 57.9 Å². The van der Waals surface area contributed by atoms with Gasteiger partial charge in [-0.2, -0.15) is 0 Å². The Hall–Kier alpha value is 0.314. The summed E-state index contributed by atoms with van der Waals surface area (Å²) in [6, 6.07) is 3.61. The van der Waals surface area contributed by atoms with E-state index in [1.54, 1.807) is 0 Å².